The molecule has 8 fully saturated rings. The third kappa shape index (κ3) is 1.57. The van der Waals surface area contributed by atoms with E-state index in [-0.39, 0.29) is 35.9 Å². The van der Waals surface area contributed by atoms with Crippen LogP contribution < -0.4 is 0 Å². The van der Waals surface area contributed by atoms with Crippen LogP contribution in [-0.4, -0.2) is 53.2 Å². The van der Waals surface area contributed by atoms with Gasteiger partial charge >= 0.3 is 0 Å². The van der Waals surface area contributed by atoms with Crippen LogP contribution in [0.1, 0.15) is 51.9 Å². The summed E-state index contributed by atoms with van der Waals surface area (Å²) in [4.78, 5) is 2.47. The summed E-state index contributed by atoms with van der Waals surface area (Å²) < 4.78 is 6.86. The highest BCUT2D eigenvalue weighted by Gasteiger charge is 2.78. The first-order valence-electron chi connectivity index (χ1n) is 10.8. The molecule has 2 N–H and O–H groups in total. The van der Waals surface area contributed by atoms with E-state index in [4.69, 9.17) is 4.74 Å². The molecule has 2 spiro atoms. The molecule has 3 aliphatic heterocycles. The maximum Gasteiger partial charge on any atom is 0.117 e. The van der Waals surface area contributed by atoms with Gasteiger partial charge in [-0.1, -0.05) is 19.9 Å². The van der Waals surface area contributed by atoms with Gasteiger partial charge in [0.1, 0.15) is 6.23 Å². The lowest BCUT2D eigenvalue weighted by Gasteiger charge is -2.79. The Labute approximate surface area is 156 Å². The Kier molecular flexibility index (Phi) is 3.14. The topological polar surface area (TPSA) is 52.9 Å². The van der Waals surface area contributed by atoms with Gasteiger partial charge in [0.25, 0.3) is 0 Å². The first-order chi connectivity index (χ1) is 12.5. The fourth-order valence-corrected chi connectivity index (χ4v) is 9.30. The predicted molar refractivity (Wildman–Crippen MR) is 98.2 cm³/mol. The number of hydrogen-bond acceptors (Lipinski definition) is 4. The molecule has 3 heterocycles. The second-order valence-corrected chi connectivity index (χ2v) is 10.7. The van der Waals surface area contributed by atoms with Crippen LogP contribution in [0.4, 0.5) is 0 Å². The van der Waals surface area contributed by atoms with Crippen LogP contribution in [0.5, 0.6) is 0 Å². The molecule has 0 aromatic carbocycles. The van der Waals surface area contributed by atoms with Crippen molar-refractivity contribution in [1.82, 2.24) is 4.90 Å². The van der Waals surface area contributed by atoms with Crippen LogP contribution in [0, 0.1) is 34.0 Å². The molecule has 0 amide bonds. The van der Waals surface area contributed by atoms with Gasteiger partial charge in [0.05, 0.1) is 18.8 Å². The van der Waals surface area contributed by atoms with E-state index in [2.05, 4.69) is 18.4 Å². The van der Waals surface area contributed by atoms with Crippen LogP contribution in [0.3, 0.4) is 0 Å². The molecule has 26 heavy (non-hydrogen) atoms. The Morgan fingerprint density at radius 1 is 1.19 bits per heavy atom. The second kappa shape index (κ2) is 4.94. The molecule has 5 saturated carbocycles. The maximum absolute atomic E-state index is 11.3. The molecule has 0 radical (unpaired) electrons. The van der Waals surface area contributed by atoms with E-state index in [1.165, 1.54) is 32.1 Å². The molecule has 5 aliphatic carbocycles. The molecule has 0 unspecified atom stereocenters. The van der Waals surface area contributed by atoms with Crippen LogP contribution in [0.2, 0.25) is 0 Å². The summed E-state index contributed by atoms with van der Waals surface area (Å²) in [6.07, 6.45) is 8.43. The zero-order valence-corrected chi connectivity index (χ0v) is 16.0. The first-order valence-corrected chi connectivity index (χ1v) is 10.8. The van der Waals surface area contributed by atoms with E-state index >= 15 is 0 Å². The number of piperidine rings is 1. The molecule has 9 atom stereocenters. The van der Waals surface area contributed by atoms with Crippen LogP contribution >= 0.6 is 0 Å². The van der Waals surface area contributed by atoms with Gasteiger partial charge in [-0.15, -0.1) is 0 Å². The molecule has 4 heteroatoms. The van der Waals surface area contributed by atoms with Crippen LogP contribution in [-0.2, 0) is 4.74 Å². The average molecular weight is 360 g/mol. The van der Waals surface area contributed by atoms with Crippen molar-refractivity contribution in [3.63, 3.8) is 0 Å². The quantitative estimate of drug-likeness (QED) is 0.744. The molecule has 7 bridgehead atoms. The minimum atomic E-state index is -0.373. The van der Waals surface area contributed by atoms with Gasteiger partial charge in [-0.25, -0.2) is 0 Å². The summed E-state index contributed by atoms with van der Waals surface area (Å²) in [7, 11) is 0. The minimum absolute atomic E-state index is 0.0840. The van der Waals surface area contributed by atoms with Crippen molar-refractivity contribution < 1.29 is 14.9 Å². The zero-order chi connectivity index (χ0) is 17.9. The number of ether oxygens (including phenoxy) is 1. The normalized spacial score (nSPS) is 60.2. The number of nitrogens with zero attached hydrogens (tertiary/aromatic N) is 1. The van der Waals surface area contributed by atoms with E-state index in [0.29, 0.717) is 17.3 Å². The van der Waals surface area contributed by atoms with Gasteiger partial charge in [-0.05, 0) is 67.3 Å². The third-order valence-electron chi connectivity index (χ3n) is 10.1. The number of fused-ring (bicyclic) bond motifs is 2. The van der Waals surface area contributed by atoms with Crippen molar-refractivity contribution in [2.24, 2.45) is 34.0 Å². The SMILES string of the molecule is C=C1[C@H]2CC[C@]3([C@H](C2)[C@@]24CCC[C@@]5(C)CN(CCO)[C@@H]2O[C@@H]3C[C@H]54)[C@@H]1O. The van der Waals surface area contributed by atoms with Crippen molar-refractivity contribution >= 4 is 0 Å². The summed E-state index contributed by atoms with van der Waals surface area (Å²) in [6, 6.07) is 0. The molecule has 0 aromatic rings. The second-order valence-electron chi connectivity index (χ2n) is 10.7. The summed E-state index contributed by atoms with van der Waals surface area (Å²) in [5.41, 5.74) is 1.53. The monoisotopic (exact) mass is 359 g/mol. The Bertz CT molecular complexity index is 666. The number of hydrogen-bond donors (Lipinski definition) is 2. The molecular formula is C22H33NO3. The lowest BCUT2D eigenvalue weighted by atomic mass is 9.32. The molecule has 3 saturated heterocycles. The molecular weight excluding hydrogens is 326 g/mol. The number of β-amino-alcohol motifs (C(OH)–C–C–N with tert-alkyl or cyclic N) is 1. The Hall–Kier alpha value is -0.420. The Balaban J connectivity index is 1.53. The van der Waals surface area contributed by atoms with Crippen molar-refractivity contribution in [1.29, 1.82) is 0 Å². The summed E-state index contributed by atoms with van der Waals surface area (Å²) in [6.45, 7) is 8.80. The van der Waals surface area contributed by atoms with Crippen molar-refractivity contribution in [2.75, 3.05) is 19.7 Å². The number of aliphatic hydroxyl groups is 2. The fraction of sp³-hybridized carbons (Fsp3) is 0.909. The summed E-state index contributed by atoms with van der Waals surface area (Å²) in [5.74, 6) is 1.79. The lowest BCUT2D eigenvalue weighted by Crippen LogP contribution is -2.82. The van der Waals surface area contributed by atoms with Gasteiger partial charge in [0, 0.05) is 23.9 Å². The lowest BCUT2D eigenvalue weighted by molar-refractivity contribution is -0.405. The van der Waals surface area contributed by atoms with E-state index in [1.807, 2.05) is 0 Å². The number of aliphatic hydroxyl groups excluding tert-OH is 2. The standard InChI is InChI=1S/C22H33NO3/c1-13-14-4-7-22(18(13)25)16(10-14)21-6-3-5-20(2)12-23(8-9-24)19(21)26-17(22)11-15(20)21/h14-19,24-25H,1,3-12H2,2H3/t14-,15+,16+,17+,18+,19+,20-,21-,22+/m0/s1. The van der Waals surface area contributed by atoms with Crippen molar-refractivity contribution in [3.05, 3.63) is 12.2 Å². The molecule has 144 valence electrons. The van der Waals surface area contributed by atoms with Gasteiger partial charge in [0.2, 0.25) is 0 Å². The highest BCUT2D eigenvalue weighted by molar-refractivity contribution is 5.32. The molecule has 8 aliphatic rings. The van der Waals surface area contributed by atoms with E-state index in [1.54, 1.807) is 0 Å². The van der Waals surface area contributed by atoms with Gasteiger partial charge in [-0.2, -0.15) is 0 Å². The highest BCUT2D eigenvalue weighted by Crippen LogP contribution is 2.78. The van der Waals surface area contributed by atoms with Crippen molar-refractivity contribution in [3.8, 4) is 0 Å². The molecule has 0 aromatic heterocycles. The smallest absolute Gasteiger partial charge is 0.117 e. The Morgan fingerprint density at radius 2 is 2.04 bits per heavy atom. The Morgan fingerprint density at radius 3 is 2.85 bits per heavy atom. The average Bonchev–Trinajstić information content (AvgIpc) is 2.63. The predicted octanol–water partition coefficient (Wildman–Crippen LogP) is 2.55. The first kappa shape index (κ1) is 16.5. The van der Waals surface area contributed by atoms with Gasteiger partial charge in [0.15, 0.2) is 0 Å². The third-order valence-corrected chi connectivity index (χ3v) is 10.1. The zero-order valence-electron chi connectivity index (χ0n) is 16.0. The van der Waals surface area contributed by atoms with Crippen LogP contribution in [0.25, 0.3) is 0 Å². The highest BCUT2D eigenvalue weighted by atomic mass is 16.5. The maximum atomic E-state index is 11.3. The molecule has 8 rings (SSSR count). The van der Waals surface area contributed by atoms with E-state index in [0.717, 1.165) is 37.4 Å². The number of likely N-dealkylation sites (tertiary alicyclic amines) is 1. The number of rotatable bonds is 2. The van der Waals surface area contributed by atoms with Gasteiger partial charge < -0.3 is 14.9 Å². The van der Waals surface area contributed by atoms with Crippen molar-refractivity contribution in [2.45, 2.75) is 70.3 Å². The minimum Gasteiger partial charge on any atom is -0.395 e. The van der Waals surface area contributed by atoms with E-state index in [9.17, 15) is 10.2 Å². The fourth-order valence-electron chi connectivity index (χ4n) is 9.30. The molecule has 4 nitrogen and oxygen atoms in total. The van der Waals surface area contributed by atoms with Crippen LogP contribution in [0.15, 0.2) is 12.2 Å². The summed E-state index contributed by atoms with van der Waals surface area (Å²) >= 11 is 0. The summed E-state index contributed by atoms with van der Waals surface area (Å²) in [5, 5.41) is 21.0. The van der Waals surface area contributed by atoms with E-state index < -0.39 is 0 Å². The largest absolute Gasteiger partial charge is 0.395 e. The van der Waals surface area contributed by atoms with Gasteiger partial charge in [-0.3, -0.25) is 4.90 Å².